The Hall–Kier alpha value is -2.41. The molecular formula is C16H15BrN2O4. The lowest BCUT2D eigenvalue weighted by molar-refractivity contribution is -0.384. The molecule has 0 aliphatic carbocycles. The molecule has 0 spiro atoms. The number of hydrogen-bond acceptors (Lipinski definition) is 4. The average molecular weight is 379 g/mol. The molecule has 0 saturated heterocycles. The minimum Gasteiger partial charge on any atom is -0.484 e. The Morgan fingerprint density at radius 3 is 2.48 bits per heavy atom. The molecule has 2 aromatic rings. The summed E-state index contributed by atoms with van der Waals surface area (Å²) in [5.74, 6) is 0.234. The van der Waals surface area contributed by atoms with Gasteiger partial charge in [0.2, 0.25) is 0 Å². The van der Waals surface area contributed by atoms with E-state index in [2.05, 4.69) is 15.9 Å². The van der Waals surface area contributed by atoms with Crippen molar-refractivity contribution >= 4 is 27.5 Å². The van der Waals surface area contributed by atoms with Gasteiger partial charge in [-0.1, -0.05) is 34.1 Å². The molecule has 120 valence electrons. The van der Waals surface area contributed by atoms with Crippen molar-refractivity contribution in [2.75, 3.05) is 13.7 Å². The summed E-state index contributed by atoms with van der Waals surface area (Å²) in [6.07, 6.45) is 0. The zero-order chi connectivity index (χ0) is 16.8. The molecule has 0 aromatic heterocycles. The minimum absolute atomic E-state index is 0.0188. The normalized spacial score (nSPS) is 10.2. The monoisotopic (exact) mass is 378 g/mol. The molecule has 2 rings (SSSR count). The fourth-order valence-electron chi connectivity index (χ4n) is 1.89. The van der Waals surface area contributed by atoms with Crippen LogP contribution >= 0.6 is 15.9 Å². The third-order valence-corrected chi connectivity index (χ3v) is 3.97. The van der Waals surface area contributed by atoms with E-state index in [9.17, 15) is 14.9 Å². The van der Waals surface area contributed by atoms with Crippen LogP contribution < -0.4 is 4.74 Å². The Labute approximate surface area is 142 Å². The van der Waals surface area contributed by atoms with Gasteiger partial charge >= 0.3 is 0 Å². The molecule has 23 heavy (non-hydrogen) atoms. The molecule has 0 aliphatic heterocycles. The lowest BCUT2D eigenvalue weighted by Crippen LogP contribution is -2.31. The second-order valence-corrected chi connectivity index (χ2v) is 5.74. The minimum atomic E-state index is -0.486. The van der Waals surface area contributed by atoms with Gasteiger partial charge in [0.05, 0.1) is 4.92 Å². The smallest absolute Gasteiger partial charge is 0.269 e. The third kappa shape index (κ3) is 4.79. The zero-order valence-electron chi connectivity index (χ0n) is 12.4. The van der Waals surface area contributed by atoms with E-state index in [1.54, 1.807) is 11.9 Å². The van der Waals surface area contributed by atoms with Gasteiger partial charge in [-0.2, -0.15) is 0 Å². The van der Waals surface area contributed by atoms with Crippen LogP contribution in [0.3, 0.4) is 0 Å². The highest BCUT2D eigenvalue weighted by Gasteiger charge is 2.12. The summed E-state index contributed by atoms with van der Waals surface area (Å²) in [5.41, 5.74) is 0.980. The summed E-state index contributed by atoms with van der Waals surface area (Å²) in [6, 6.07) is 13.3. The number of hydrogen-bond donors (Lipinski definition) is 0. The van der Waals surface area contributed by atoms with Gasteiger partial charge < -0.3 is 9.64 Å². The predicted molar refractivity (Wildman–Crippen MR) is 89.2 cm³/mol. The first-order valence-corrected chi connectivity index (χ1v) is 7.61. The lowest BCUT2D eigenvalue weighted by Gasteiger charge is -2.18. The van der Waals surface area contributed by atoms with Gasteiger partial charge in [0.25, 0.3) is 11.6 Å². The first kappa shape index (κ1) is 17.0. The highest BCUT2D eigenvalue weighted by Crippen LogP contribution is 2.19. The van der Waals surface area contributed by atoms with Crippen molar-refractivity contribution in [2.24, 2.45) is 0 Å². The molecule has 0 fully saturated rings. The topological polar surface area (TPSA) is 72.7 Å². The van der Waals surface area contributed by atoms with E-state index in [-0.39, 0.29) is 18.2 Å². The number of benzene rings is 2. The number of carbonyl (C=O) groups is 1. The number of amides is 1. The van der Waals surface area contributed by atoms with Crippen LogP contribution in [0.5, 0.6) is 5.75 Å². The van der Waals surface area contributed by atoms with E-state index in [0.29, 0.717) is 12.3 Å². The number of likely N-dealkylation sites (N-methyl/N-ethyl adjacent to an activating group) is 1. The van der Waals surface area contributed by atoms with Gasteiger partial charge in [0.15, 0.2) is 6.61 Å². The van der Waals surface area contributed by atoms with Crippen LogP contribution in [0.4, 0.5) is 5.69 Å². The lowest BCUT2D eigenvalue weighted by atomic mass is 10.2. The first-order valence-electron chi connectivity index (χ1n) is 6.82. The fourth-order valence-corrected chi connectivity index (χ4v) is 2.30. The molecule has 0 saturated carbocycles. The number of halogens is 1. The summed E-state index contributed by atoms with van der Waals surface area (Å²) in [5, 5.41) is 10.6. The SMILES string of the molecule is CN(Cc1ccccc1Br)C(=O)COc1ccc([N+](=O)[O-])cc1. The molecule has 0 atom stereocenters. The summed E-state index contributed by atoms with van der Waals surface area (Å²) in [4.78, 5) is 23.7. The molecule has 1 amide bonds. The van der Waals surface area contributed by atoms with Crippen molar-refractivity contribution in [3.63, 3.8) is 0 Å². The molecular weight excluding hydrogens is 364 g/mol. The Bertz CT molecular complexity index is 703. The highest BCUT2D eigenvalue weighted by molar-refractivity contribution is 9.10. The molecule has 7 heteroatoms. The average Bonchev–Trinajstić information content (AvgIpc) is 2.55. The number of non-ortho nitro benzene ring substituents is 1. The van der Waals surface area contributed by atoms with Gasteiger partial charge in [-0.3, -0.25) is 14.9 Å². The molecule has 0 bridgehead atoms. The van der Waals surface area contributed by atoms with Crippen molar-refractivity contribution in [3.8, 4) is 5.75 Å². The van der Waals surface area contributed by atoms with Crippen molar-refractivity contribution in [3.05, 3.63) is 68.7 Å². The molecule has 2 aromatic carbocycles. The van der Waals surface area contributed by atoms with E-state index >= 15 is 0 Å². The number of rotatable bonds is 6. The number of nitrogens with zero attached hydrogens (tertiary/aromatic N) is 2. The number of ether oxygens (including phenoxy) is 1. The van der Waals surface area contributed by atoms with Gasteiger partial charge in [-0.25, -0.2) is 0 Å². The Morgan fingerprint density at radius 2 is 1.87 bits per heavy atom. The van der Waals surface area contributed by atoms with Crippen LogP contribution in [-0.2, 0) is 11.3 Å². The Balaban J connectivity index is 1.89. The second-order valence-electron chi connectivity index (χ2n) is 4.88. The van der Waals surface area contributed by atoms with Crippen molar-refractivity contribution in [1.29, 1.82) is 0 Å². The molecule has 0 radical (unpaired) electrons. The Kier molecular flexibility index (Phi) is 5.70. The predicted octanol–water partition coefficient (Wildman–Crippen LogP) is 3.39. The number of carbonyl (C=O) groups excluding carboxylic acids is 1. The maximum atomic E-state index is 12.1. The largest absolute Gasteiger partial charge is 0.484 e. The van der Waals surface area contributed by atoms with Crippen LogP contribution in [-0.4, -0.2) is 29.4 Å². The van der Waals surface area contributed by atoms with Crippen molar-refractivity contribution in [1.82, 2.24) is 4.90 Å². The second kappa shape index (κ2) is 7.73. The summed E-state index contributed by atoms with van der Waals surface area (Å²) in [7, 11) is 1.70. The van der Waals surface area contributed by atoms with Crippen LogP contribution in [0, 0.1) is 10.1 Å². The molecule has 0 aliphatic rings. The van der Waals surface area contributed by atoms with Crippen molar-refractivity contribution in [2.45, 2.75) is 6.54 Å². The van der Waals surface area contributed by atoms with Gasteiger partial charge in [-0.05, 0) is 23.8 Å². The summed E-state index contributed by atoms with van der Waals surface area (Å²) >= 11 is 3.44. The number of nitro groups is 1. The fraction of sp³-hybridized carbons (Fsp3) is 0.188. The van der Waals surface area contributed by atoms with Crippen molar-refractivity contribution < 1.29 is 14.5 Å². The first-order chi connectivity index (χ1) is 11.0. The summed E-state index contributed by atoms with van der Waals surface area (Å²) < 4.78 is 6.31. The molecule has 0 heterocycles. The van der Waals surface area contributed by atoms with E-state index in [1.165, 1.54) is 24.3 Å². The highest BCUT2D eigenvalue weighted by atomic mass is 79.9. The molecule has 6 nitrogen and oxygen atoms in total. The van der Waals surface area contributed by atoms with E-state index in [0.717, 1.165) is 10.0 Å². The molecule has 0 N–H and O–H groups in total. The maximum Gasteiger partial charge on any atom is 0.269 e. The third-order valence-electron chi connectivity index (χ3n) is 3.20. The quantitative estimate of drug-likeness (QED) is 0.570. The van der Waals surface area contributed by atoms with Gasteiger partial charge in [0.1, 0.15) is 5.75 Å². The maximum absolute atomic E-state index is 12.1. The Morgan fingerprint density at radius 1 is 1.22 bits per heavy atom. The van der Waals surface area contributed by atoms with Crippen LogP contribution in [0.15, 0.2) is 53.0 Å². The zero-order valence-corrected chi connectivity index (χ0v) is 14.0. The van der Waals surface area contributed by atoms with Crippen LogP contribution in [0.1, 0.15) is 5.56 Å². The van der Waals surface area contributed by atoms with E-state index in [4.69, 9.17) is 4.74 Å². The van der Waals surface area contributed by atoms with Gasteiger partial charge in [-0.15, -0.1) is 0 Å². The molecule has 0 unspecified atom stereocenters. The van der Waals surface area contributed by atoms with Gasteiger partial charge in [0, 0.05) is 30.2 Å². The van der Waals surface area contributed by atoms with Crippen LogP contribution in [0.2, 0.25) is 0 Å². The van der Waals surface area contributed by atoms with E-state index < -0.39 is 4.92 Å². The van der Waals surface area contributed by atoms with Crippen LogP contribution in [0.25, 0.3) is 0 Å². The van der Waals surface area contributed by atoms with E-state index in [1.807, 2.05) is 24.3 Å². The standard InChI is InChI=1S/C16H15BrN2O4/c1-18(10-12-4-2-3-5-15(12)17)16(20)11-23-14-8-6-13(7-9-14)19(21)22/h2-9H,10-11H2,1H3. The number of nitro benzene ring substituents is 1. The summed E-state index contributed by atoms with van der Waals surface area (Å²) in [6.45, 7) is 0.336.